The second kappa shape index (κ2) is 14.1. The molecule has 0 radical (unpaired) electrons. The lowest BCUT2D eigenvalue weighted by Gasteiger charge is -2.36. The number of likely N-dealkylation sites (tertiary alicyclic amines) is 1. The van der Waals surface area contributed by atoms with Gasteiger partial charge in [0.05, 0.1) is 28.3 Å². The second-order valence-electron chi connectivity index (χ2n) is 11.0. The highest BCUT2D eigenvalue weighted by Crippen LogP contribution is 2.51. The molecule has 2 aliphatic rings. The zero-order valence-electron chi connectivity index (χ0n) is 24.4. The van der Waals surface area contributed by atoms with Crippen LogP contribution >= 0.6 is 11.8 Å². The number of esters is 1. The van der Waals surface area contributed by atoms with Gasteiger partial charge >= 0.3 is 5.97 Å². The van der Waals surface area contributed by atoms with Crippen molar-refractivity contribution in [1.82, 2.24) is 4.90 Å². The number of hydrogen-bond acceptors (Lipinski definition) is 8. The number of sulfone groups is 1. The van der Waals surface area contributed by atoms with Gasteiger partial charge in [-0.25, -0.2) is 8.42 Å². The lowest BCUT2D eigenvalue weighted by atomic mass is 9.92. The van der Waals surface area contributed by atoms with Gasteiger partial charge in [-0.1, -0.05) is 44.0 Å². The van der Waals surface area contributed by atoms with Crippen LogP contribution in [0.15, 0.2) is 51.1 Å². The Labute approximate surface area is 244 Å². The van der Waals surface area contributed by atoms with Gasteiger partial charge in [-0.15, -0.1) is 0 Å². The lowest BCUT2D eigenvalue weighted by Crippen LogP contribution is -2.39. The molecule has 1 unspecified atom stereocenters. The van der Waals surface area contributed by atoms with Gasteiger partial charge in [-0.3, -0.25) is 4.79 Å². The monoisotopic (exact) mass is 588 g/mol. The van der Waals surface area contributed by atoms with Crippen LogP contribution in [-0.2, 0) is 19.4 Å². The molecule has 0 amide bonds. The maximum atomic E-state index is 12.6. The molecule has 0 spiro atoms. The summed E-state index contributed by atoms with van der Waals surface area (Å²) >= 11 is 1.51. The Balaban J connectivity index is 1.34. The van der Waals surface area contributed by atoms with Crippen molar-refractivity contribution in [1.29, 1.82) is 0 Å². The zero-order chi connectivity index (χ0) is 28.7. The van der Waals surface area contributed by atoms with Crippen LogP contribution in [0.2, 0.25) is 0 Å². The lowest BCUT2D eigenvalue weighted by molar-refractivity contribution is -0.151. The van der Waals surface area contributed by atoms with Crippen molar-refractivity contribution < 1.29 is 22.7 Å². The summed E-state index contributed by atoms with van der Waals surface area (Å²) in [7, 11) is -1.70. The molecule has 4 rings (SSSR count). The fraction of sp³-hybridized carbons (Fsp3) is 0.581. The second-order valence-corrected chi connectivity index (χ2v) is 14.0. The van der Waals surface area contributed by atoms with E-state index in [0.717, 1.165) is 85.2 Å². The van der Waals surface area contributed by atoms with Crippen LogP contribution in [0.1, 0.15) is 65.2 Å². The van der Waals surface area contributed by atoms with Crippen molar-refractivity contribution in [2.24, 2.45) is 5.92 Å². The number of piperidine rings is 1. The fourth-order valence-corrected chi connectivity index (χ4v) is 8.10. The van der Waals surface area contributed by atoms with Crippen molar-refractivity contribution in [2.75, 3.05) is 44.4 Å². The highest BCUT2D eigenvalue weighted by Gasteiger charge is 2.29. The van der Waals surface area contributed by atoms with Crippen LogP contribution in [0, 0.1) is 5.92 Å². The zero-order valence-corrected chi connectivity index (χ0v) is 26.0. The Kier molecular flexibility index (Phi) is 10.8. The molecular formula is C31H44N2O5S2. The van der Waals surface area contributed by atoms with Crippen molar-refractivity contribution in [3.63, 3.8) is 0 Å². The Morgan fingerprint density at radius 2 is 1.82 bits per heavy atom. The van der Waals surface area contributed by atoms with Gasteiger partial charge in [0.15, 0.2) is 9.84 Å². The molecule has 1 fully saturated rings. The maximum absolute atomic E-state index is 12.6. The number of hydrogen-bond donors (Lipinski definition) is 0. The van der Waals surface area contributed by atoms with Crippen LogP contribution in [0.3, 0.4) is 0 Å². The summed E-state index contributed by atoms with van der Waals surface area (Å²) in [6.07, 6.45) is 9.14. The van der Waals surface area contributed by atoms with E-state index in [-0.39, 0.29) is 12.1 Å². The highest BCUT2D eigenvalue weighted by atomic mass is 32.2. The maximum Gasteiger partial charge on any atom is 0.306 e. The number of carbonyl (C=O) groups is 1. The van der Waals surface area contributed by atoms with Crippen LogP contribution in [0.25, 0.3) is 0 Å². The minimum Gasteiger partial charge on any atom is -0.497 e. The summed E-state index contributed by atoms with van der Waals surface area (Å²) in [6, 6.07) is 11.5. The van der Waals surface area contributed by atoms with E-state index in [9.17, 15) is 13.2 Å². The molecule has 0 saturated carbocycles. The van der Waals surface area contributed by atoms with Crippen LogP contribution < -0.4 is 9.64 Å². The van der Waals surface area contributed by atoms with E-state index in [2.05, 4.69) is 16.7 Å². The van der Waals surface area contributed by atoms with Crippen molar-refractivity contribution >= 4 is 38.9 Å². The van der Waals surface area contributed by atoms with Crippen molar-refractivity contribution in [3.05, 3.63) is 36.4 Å². The first-order valence-electron chi connectivity index (χ1n) is 14.6. The number of carbonyl (C=O) groups excluding carboxylic acids is 1. The molecule has 2 aromatic carbocycles. The molecule has 9 heteroatoms. The van der Waals surface area contributed by atoms with E-state index in [0.29, 0.717) is 17.2 Å². The topological polar surface area (TPSA) is 76.2 Å². The van der Waals surface area contributed by atoms with Crippen molar-refractivity contribution in [2.45, 2.75) is 86.0 Å². The number of methoxy groups -OCH3 is 1. The van der Waals surface area contributed by atoms with Gasteiger partial charge in [0, 0.05) is 30.2 Å². The number of fused-ring (bicyclic) bond motifs is 2. The SMILES string of the molecule is CCCCCCC(=O)OC(C)C1CCN(CCCN2c3cc(OC)ccc3Sc3c2cccc3S(C)(=O)=O)CC1. The van der Waals surface area contributed by atoms with Gasteiger partial charge in [-0.2, -0.15) is 0 Å². The van der Waals surface area contributed by atoms with E-state index in [1.807, 2.05) is 37.3 Å². The first kappa shape index (κ1) is 30.7. The molecule has 1 saturated heterocycles. The third kappa shape index (κ3) is 7.74. The molecule has 0 aromatic heterocycles. The molecule has 0 aliphatic carbocycles. The van der Waals surface area contributed by atoms with Crippen LogP contribution in [0.4, 0.5) is 11.4 Å². The summed E-state index contributed by atoms with van der Waals surface area (Å²) in [5.74, 6) is 1.14. The number of ether oxygens (including phenoxy) is 2. The predicted octanol–water partition coefficient (Wildman–Crippen LogP) is 6.71. The van der Waals surface area contributed by atoms with Crippen molar-refractivity contribution in [3.8, 4) is 5.75 Å². The van der Waals surface area contributed by atoms with Gasteiger partial charge in [-0.05, 0) is 82.4 Å². The van der Waals surface area contributed by atoms with Gasteiger partial charge < -0.3 is 19.3 Å². The normalized spacial score (nSPS) is 16.8. The number of unbranched alkanes of at least 4 members (excludes halogenated alkanes) is 3. The minimum absolute atomic E-state index is 0.0290. The standard InChI is InChI=1S/C31H44N2O5S2/c1-5-6-7-8-13-30(34)38-23(2)24-16-20-32(21-17-24)18-10-19-33-26-11-9-12-29(40(4,35)36)31(26)39-28-15-14-25(37-3)22-27(28)33/h9,11-12,14-15,22-24H,5-8,10,13,16-21H2,1-4H3. The largest absolute Gasteiger partial charge is 0.497 e. The number of anilines is 2. The summed E-state index contributed by atoms with van der Waals surface area (Å²) in [5.41, 5.74) is 1.98. The summed E-state index contributed by atoms with van der Waals surface area (Å²) in [4.78, 5) is 19.2. The Morgan fingerprint density at radius 3 is 2.52 bits per heavy atom. The average molecular weight is 589 g/mol. The first-order valence-corrected chi connectivity index (χ1v) is 17.3. The number of rotatable bonds is 13. The Hall–Kier alpha value is -2.23. The van der Waals surface area contributed by atoms with E-state index >= 15 is 0 Å². The number of benzene rings is 2. The molecule has 7 nitrogen and oxygen atoms in total. The molecule has 220 valence electrons. The summed E-state index contributed by atoms with van der Waals surface area (Å²) < 4.78 is 36.4. The fourth-order valence-electron chi connectivity index (χ4n) is 5.67. The Morgan fingerprint density at radius 1 is 1.05 bits per heavy atom. The smallest absolute Gasteiger partial charge is 0.306 e. The minimum atomic E-state index is -3.36. The molecular weight excluding hydrogens is 544 g/mol. The third-order valence-electron chi connectivity index (χ3n) is 8.02. The average Bonchev–Trinajstić information content (AvgIpc) is 2.94. The van der Waals surface area contributed by atoms with E-state index in [4.69, 9.17) is 9.47 Å². The Bertz CT molecular complexity index is 1260. The quantitative estimate of drug-likeness (QED) is 0.189. The predicted molar refractivity (Wildman–Crippen MR) is 162 cm³/mol. The van der Waals surface area contributed by atoms with E-state index < -0.39 is 9.84 Å². The van der Waals surface area contributed by atoms with Gasteiger partial charge in [0.25, 0.3) is 0 Å². The summed E-state index contributed by atoms with van der Waals surface area (Å²) in [6.45, 7) is 7.95. The van der Waals surface area contributed by atoms with E-state index in [1.54, 1.807) is 13.2 Å². The number of nitrogens with zero attached hydrogens (tertiary/aromatic N) is 2. The highest BCUT2D eigenvalue weighted by molar-refractivity contribution is 8.00. The summed E-state index contributed by atoms with van der Waals surface area (Å²) in [5, 5.41) is 0. The molecule has 2 heterocycles. The van der Waals surface area contributed by atoms with Gasteiger partial charge in [0.2, 0.25) is 0 Å². The molecule has 1 atom stereocenters. The molecule has 0 N–H and O–H groups in total. The molecule has 0 bridgehead atoms. The molecule has 2 aliphatic heterocycles. The molecule has 40 heavy (non-hydrogen) atoms. The van der Waals surface area contributed by atoms with Crippen LogP contribution in [-0.4, -0.2) is 64.9 Å². The first-order chi connectivity index (χ1) is 19.2. The third-order valence-corrected chi connectivity index (χ3v) is 10.5. The van der Waals surface area contributed by atoms with E-state index in [1.165, 1.54) is 30.9 Å². The van der Waals surface area contributed by atoms with Gasteiger partial charge in [0.1, 0.15) is 11.9 Å². The van der Waals surface area contributed by atoms with Crippen LogP contribution in [0.5, 0.6) is 5.75 Å². The molecule has 2 aromatic rings.